The lowest BCUT2D eigenvalue weighted by Gasteiger charge is -2.11. The minimum absolute atomic E-state index is 0.0783. The van der Waals surface area contributed by atoms with E-state index in [4.69, 9.17) is 9.47 Å². The molecule has 3 heteroatoms. The van der Waals surface area contributed by atoms with Crippen molar-refractivity contribution in [1.29, 1.82) is 0 Å². The molecular formula is C21H29NO2. The molecule has 0 fully saturated rings. The summed E-state index contributed by atoms with van der Waals surface area (Å²) in [6.07, 6.45) is 8.23. The minimum Gasteiger partial charge on any atom is -0.489 e. The average Bonchev–Trinajstić information content (AvgIpc) is 2.64. The maximum absolute atomic E-state index is 5.65. The molecule has 2 rings (SSSR count). The highest BCUT2D eigenvalue weighted by molar-refractivity contribution is 5.59. The van der Waals surface area contributed by atoms with E-state index < -0.39 is 0 Å². The summed E-state index contributed by atoms with van der Waals surface area (Å²) >= 11 is 0. The van der Waals surface area contributed by atoms with Crippen LogP contribution in [0.3, 0.4) is 0 Å². The van der Waals surface area contributed by atoms with Gasteiger partial charge in [0.25, 0.3) is 0 Å². The Morgan fingerprint density at radius 2 is 1.79 bits per heavy atom. The van der Waals surface area contributed by atoms with Crippen LogP contribution in [0.5, 0.6) is 5.75 Å². The topological polar surface area (TPSA) is 31.4 Å². The lowest BCUT2D eigenvalue weighted by Crippen LogP contribution is -2.15. The fraction of sp³-hybridized carbons (Fsp3) is 0.476. The Morgan fingerprint density at radius 3 is 2.42 bits per heavy atom. The van der Waals surface area contributed by atoms with Crippen molar-refractivity contribution in [2.24, 2.45) is 0 Å². The van der Waals surface area contributed by atoms with Crippen LogP contribution >= 0.6 is 0 Å². The van der Waals surface area contributed by atoms with Gasteiger partial charge in [0.05, 0.1) is 18.0 Å². The smallest absolute Gasteiger partial charge is 0.137 e. The molecule has 1 aromatic carbocycles. The van der Waals surface area contributed by atoms with Crippen molar-refractivity contribution in [1.82, 2.24) is 4.98 Å². The van der Waals surface area contributed by atoms with Crippen LogP contribution in [0.25, 0.3) is 11.3 Å². The number of hydrogen-bond donors (Lipinski definition) is 0. The number of hydrogen-bond acceptors (Lipinski definition) is 3. The van der Waals surface area contributed by atoms with Crippen molar-refractivity contribution in [2.75, 3.05) is 13.7 Å². The highest BCUT2D eigenvalue weighted by Crippen LogP contribution is 2.21. The van der Waals surface area contributed by atoms with Crippen LogP contribution in [0.15, 0.2) is 42.6 Å². The van der Waals surface area contributed by atoms with Crippen LogP contribution in [0, 0.1) is 0 Å². The number of aryl methyl sites for hydroxylation is 1. The molecule has 1 atom stereocenters. The van der Waals surface area contributed by atoms with Gasteiger partial charge in [-0.2, -0.15) is 0 Å². The van der Waals surface area contributed by atoms with E-state index in [2.05, 4.69) is 36.2 Å². The second-order valence-corrected chi connectivity index (χ2v) is 6.24. The first kappa shape index (κ1) is 18.5. The molecular weight excluding hydrogens is 298 g/mol. The summed E-state index contributed by atoms with van der Waals surface area (Å²) in [5.41, 5.74) is 3.52. The van der Waals surface area contributed by atoms with E-state index in [0.717, 1.165) is 23.4 Å². The molecule has 1 heterocycles. The number of methoxy groups -OCH3 is 1. The number of unbranched alkanes of at least 4 members (excludes halogenated alkanes) is 3. The van der Waals surface area contributed by atoms with Gasteiger partial charge in [-0.15, -0.1) is 0 Å². The molecule has 0 saturated heterocycles. The van der Waals surface area contributed by atoms with Gasteiger partial charge in [0.1, 0.15) is 12.4 Å². The van der Waals surface area contributed by atoms with E-state index in [9.17, 15) is 0 Å². The van der Waals surface area contributed by atoms with Crippen LogP contribution in [0.2, 0.25) is 0 Å². The number of aromatic nitrogens is 1. The monoisotopic (exact) mass is 327 g/mol. The second-order valence-electron chi connectivity index (χ2n) is 6.24. The van der Waals surface area contributed by atoms with Crippen molar-refractivity contribution in [2.45, 2.75) is 52.1 Å². The molecule has 1 unspecified atom stereocenters. The molecule has 0 aliphatic rings. The molecule has 0 amide bonds. The quantitative estimate of drug-likeness (QED) is 0.556. The number of pyridine rings is 1. The maximum Gasteiger partial charge on any atom is 0.137 e. The molecule has 0 saturated carbocycles. The third-order valence-electron chi connectivity index (χ3n) is 4.19. The van der Waals surface area contributed by atoms with Gasteiger partial charge in [-0.3, -0.25) is 4.98 Å². The number of rotatable bonds is 10. The SMILES string of the molecule is CCCCCCc1ccc(-c2ccc(OCC(C)OC)cn2)cc1. The van der Waals surface area contributed by atoms with Gasteiger partial charge in [0.15, 0.2) is 0 Å². The normalized spacial score (nSPS) is 12.1. The first-order valence-electron chi connectivity index (χ1n) is 8.94. The summed E-state index contributed by atoms with van der Waals surface area (Å²) in [7, 11) is 1.68. The van der Waals surface area contributed by atoms with Gasteiger partial charge >= 0.3 is 0 Å². The number of nitrogens with zero attached hydrogens (tertiary/aromatic N) is 1. The van der Waals surface area contributed by atoms with Gasteiger partial charge in [-0.05, 0) is 37.5 Å². The standard InChI is InChI=1S/C21H29NO2/c1-4-5-6-7-8-18-9-11-19(12-10-18)21-14-13-20(15-22-21)24-16-17(2)23-3/h9-15,17H,4-8,16H2,1-3H3. The van der Waals surface area contributed by atoms with E-state index in [1.54, 1.807) is 13.3 Å². The fourth-order valence-electron chi connectivity index (χ4n) is 2.52. The molecule has 130 valence electrons. The lowest BCUT2D eigenvalue weighted by molar-refractivity contribution is 0.0715. The zero-order valence-electron chi connectivity index (χ0n) is 15.1. The molecule has 0 N–H and O–H groups in total. The van der Waals surface area contributed by atoms with Gasteiger partial charge in [-0.25, -0.2) is 0 Å². The Bertz CT molecular complexity index is 578. The van der Waals surface area contributed by atoms with Crippen molar-refractivity contribution >= 4 is 0 Å². The van der Waals surface area contributed by atoms with Crippen LogP contribution in [0.4, 0.5) is 0 Å². The second kappa shape index (κ2) is 10.1. The van der Waals surface area contributed by atoms with Gasteiger partial charge in [0, 0.05) is 12.7 Å². The summed E-state index contributed by atoms with van der Waals surface area (Å²) in [6, 6.07) is 12.7. The van der Waals surface area contributed by atoms with Crippen molar-refractivity contribution < 1.29 is 9.47 Å². The summed E-state index contributed by atoms with van der Waals surface area (Å²) in [6.45, 7) is 4.76. The van der Waals surface area contributed by atoms with E-state index in [1.807, 2.05) is 19.1 Å². The Hall–Kier alpha value is -1.87. The molecule has 0 aliphatic heterocycles. The highest BCUT2D eigenvalue weighted by Gasteiger charge is 2.03. The third kappa shape index (κ3) is 5.97. The molecule has 0 spiro atoms. The van der Waals surface area contributed by atoms with E-state index in [1.165, 1.54) is 31.2 Å². The molecule has 1 aromatic heterocycles. The third-order valence-corrected chi connectivity index (χ3v) is 4.19. The van der Waals surface area contributed by atoms with Crippen molar-refractivity contribution in [3.05, 3.63) is 48.2 Å². The van der Waals surface area contributed by atoms with Crippen molar-refractivity contribution in [3.63, 3.8) is 0 Å². The van der Waals surface area contributed by atoms with E-state index in [-0.39, 0.29) is 6.10 Å². The first-order valence-corrected chi connectivity index (χ1v) is 8.94. The summed E-state index contributed by atoms with van der Waals surface area (Å²) in [5.74, 6) is 0.773. The lowest BCUT2D eigenvalue weighted by atomic mass is 10.0. The number of ether oxygens (including phenoxy) is 2. The maximum atomic E-state index is 5.65. The predicted molar refractivity (Wildman–Crippen MR) is 99.5 cm³/mol. The zero-order chi connectivity index (χ0) is 17.2. The molecule has 0 radical (unpaired) electrons. The Labute approximate surface area is 146 Å². The fourth-order valence-corrected chi connectivity index (χ4v) is 2.52. The Morgan fingerprint density at radius 1 is 1.00 bits per heavy atom. The Kier molecular flexibility index (Phi) is 7.76. The van der Waals surface area contributed by atoms with E-state index >= 15 is 0 Å². The van der Waals surface area contributed by atoms with Gasteiger partial charge in [0.2, 0.25) is 0 Å². The predicted octanol–water partition coefficient (Wildman–Crippen LogP) is 5.29. The zero-order valence-corrected chi connectivity index (χ0v) is 15.1. The number of benzene rings is 1. The van der Waals surface area contributed by atoms with Crippen LogP contribution in [0.1, 0.15) is 45.1 Å². The van der Waals surface area contributed by atoms with Gasteiger partial charge < -0.3 is 9.47 Å². The van der Waals surface area contributed by atoms with E-state index in [0.29, 0.717) is 6.61 Å². The molecule has 2 aromatic rings. The largest absolute Gasteiger partial charge is 0.489 e. The van der Waals surface area contributed by atoms with Crippen LogP contribution in [-0.4, -0.2) is 24.8 Å². The summed E-state index contributed by atoms with van der Waals surface area (Å²) in [5, 5.41) is 0. The molecule has 0 bridgehead atoms. The summed E-state index contributed by atoms with van der Waals surface area (Å²) < 4.78 is 10.8. The van der Waals surface area contributed by atoms with Gasteiger partial charge in [-0.1, -0.05) is 50.5 Å². The van der Waals surface area contributed by atoms with Crippen LogP contribution in [-0.2, 0) is 11.2 Å². The van der Waals surface area contributed by atoms with Crippen LogP contribution < -0.4 is 4.74 Å². The Balaban J connectivity index is 1.89. The minimum atomic E-state index is 0.0783. The highest BCUT2D eigenvalue weighted by atomic mass is 16.5. The average molecular weight is 327 g/mol. The van der Waals surface area contributed by atoms with Crippen molar-refractivity contribution in [3.8, 4) is 17.0 Å². The molecule has 3 nitrogen and oxygen atoms in total. The molecule has 0 aliphatic carbocycles. The summed E-state index contributed by atoms with van der Waals surface area (Å²) in [4.78, 5) is 4.50. The first-order chi connectivity index (χ1) is 11.7. The molecule has 24 heavy (non-hydrogen) atoms.